The quantitative estimate of drug-likeness (QED) is 0.418. The van der Waals surface area contributed by atoms with Crippen LogP contribution in [0.5, 0.6) is 5.75 Å². The number of nitrogens with zero attached hydrogens (tertiary/aromatic N) is 2. The van der Waals surface area contributed by atoms with Crippen LogP contribution in [0, 0.1) is 13.8 Å². The molecule has 4 aromatic rings. The Hall–Kier alpha value is -3.64. The number of hydrogen-bond donors (Lipinski definition) is 2. The minimum atomic E-state index is -0.752. The zero-order valence-electron chi connectivity index (χ0n) is 19.2. The predicted octanol–water partition coefficient (Wildman–Crippen LogP) is 4.58. The third-order valence-electron chi connectivity index (χ3n) is 5.62. The molecule has 0 aliphatic heterocycles. The average Bonchev–Trinajstić information content (AvgIpc) is 3.18. The molecule has 2 atom stereocenters. The van der Waals surface area contributed by atoms with Crippen molar-refractivity contribution in [1.29, 1.82) is 0 Å². The Bertz CT molecular complexity index is 1250. The molecule has 0 unspecified atom stereocenters. The van der Waals surface area contributed by atoms with Gasteiger partial charge in [-0.25, -0.2) is 4.98 Å². The maximum atomic E-state index is 12.7. The molecule has 33 heavy (non-hydrogen) atoms. The van der Waals surface area contributed by atoms with Crippen LogP contribution in [0.4, 0.5) is 0 Å². The molecule has 3 aromatic carbocycles. The Morgan fingerprint density at radius 2 is 1.79 bits per heavy atom. The number of amides is 1. The van der Waals surface area contributed by atoms with E-state index in [4.69, 9.17) is 9.72 Å². The third-order valence-corrected chi connectivity index (χ3v) is 5.62. The Morgan fingerprint density at radius 3 is 2.58 bits per heavy atom. The summed E-state index contributed by atoms with van der Waals surface area (Å²) in [4.78, 5) is 17.4. The van der Waals surface area contributed by atoms with Crippen molar-refractivity contribution in [3.8, 4) is 5.75 Å². The average molecular weight is 444 g/mol. The number of para-hydroxylation sites is 2. The van der Waals surface area contributed by atoms with E-state index in [1.165, 1.54) is 0 Å². The van der Waals surface area contributed by atoms with E-state index in [1.807, 2.05) is 86.0 Å². The summed E-state index contributed by atoms with van der Waals surface area (Å²) in [5.74, 6) is 1.29. The van der Waals surface area contributed by atoms with E-state index in [0.29, 0.717) is 17.9 Å². The van der Waals surface area contributed by atoms with Gasteiger partial charge in [0.15, 0.2) is 0 Å². The van der Waals surface area contributed by atoms with Crippen LogP contribution >= 0.6 is 0 Å². The van der Waals surface area contributed by atoms with E-state index in [-0.39, 0.29) is 18.6 Å². The van der Waals surface area contributed by atoms with E-state index >= 15 is 0 Å². The summed E-state index contributed by atoms with van der Waals surface area (Å²) in [7, 11) is 0. The molecule has 0 spiro atoms. The molecule has 2 N–H and O–H groups in total. The van der Waals surface area contributed by atoms with Crippen LogP contribution in [-0.2, 0) is 6.54 Å². The van der Waals surface area contributed by atoms with Crippen LogP contribution in [0.1, 0.15) is 40.3 Å². The Labute approximate surface area is 193 Å². The van der Waals surface area contributed by atoms with Crippen molar-refractivity contribution in [2.45, 2.75) is 39.5 Å². The zero-order chi connectivity index (χ0) is 23.4. The highest BCUT2D eigenvalue weighted by molar-refractivity contribution is 5.94. The number of rotatable bonds is 8. The van der Waals surface area contributed by atoms with Crippen molar-refractivity contribution >= 4 is 16.9 Å². The van der Waals surface area contributed by atoms with Crippen LogP contribution in [-0.4, -0.2) is 33.3 Å². The fourth-order valence-electron chi connectivity index (χ4n) is 3.86. The fourth-order valence-corrected chi connectivity index (χ4v) is 3.86. The Balaban J connectivity index is 1.53. The maximum absolute atomic E-state index is 12.7. The number of fused-ring (bicyclic) bond motifs is 1. The summed E-state index contributed by atoms with van der Waals surface area (Å²) in [6, 6.07) is 22.5. The molecule has 170 valence electrons. The molecular weight excluding hydrogens is 414 g/mol. The smallest absolute Gasteiger partial charge is 0.251 e. The fraction of sp³-hybridized carbons (Fsp3) is 0.259. The summed E-state index contributed by atoms with van der Waals surface area (Å²) in [6.07, 6.45) is -0.752. The number of hydrogen-bond acceptors (Lipinski definition) is 4. The second kappa shape index (κ2) is 9.88. The number of aliphatic hydroxyl groups is 1. The highest BCUT2D eigenvalue weighted by Gasteiger charge is 2.21. The van der Waals surface area contributed by atoms with Crippen LogP contribution in [0.3, 0.4) is 0 Å². The van der Waals surface area contributed by atoms with Gasteiger partial charge in [0.05, 0.1) is 23.6 Å². The minimum absolute atomic E-state index is 0.154. The van der Waals surface area contributed by atoms with Crippen LogP contribution < -0.4 is 10.1 Å². The summed E-state index contributed by atoms with van der Waals surface area (Å²) >= 11 is 0. The van der Waals surface area contributed by atoms with Gasteiger partial charge < -0.3 is 19.7 Å². The van der Waals surface area contributed by atoms with Crippen LogP contribution in [0.25, 0.3) is 11.0 Å². The Morgan fingerprint density at radius 1 is 1.06 bits per heavy atom. The summed E-state index contributed by atoms with van der Waals surface area (Å²) in [5.41, 5.74) is 4.44. The Kier molecular flexibility index (Phi) is 6.75. The monoisotopic (exact) mass is 443 g/mol. The molecular formula is C27H29N3O3. The SMILES string of the molecule is Cc1ccc(C)c(OC[C@@H](O)Cn2c([C@@H](C)NC(=O)c3ccccc3)nc3ccccc32)c1. The second-order valence-electron chi connectivity index (χ2n) is 8.36. The zero-order valence-corrected chi connectivity index (χ0v) is 19.2. The number of aliphatic hydroxyl groups excluding tert-OH is 1. The first-order valence-corrected chi connectivity index (χ1v) is 11.1. The first-order valence-electron chi connectivity index (χ1n) is 11.1. The first kappa shape index (κ1) is 22.6. The van der Waals surface area contributed by atoms with E-state index in [9.17, 15) is 9.90 Å². The van der Waals surface area contributed by atoms with Gasteiger partial charge in [-0.2, -0.15) is 0 Å². The van der Waals surface area contributed by atoms with Gasteiger partial charge in [-0.1, -0.05) is 42.5 Å². The van der Waals surface area contributed by atoms with Crippen molar-refractivity contribution < 1.29 is 14.6 Å². The molecule has 0 aliphatic carbocycles. The van der Waals surface area contributed by atoms with Gasteiger partial charge in [-0.3, -0.25) is 4.79 Å². The summed E-state index contributed by atoms with van der Waals surface area (Å²) < 4.78 is 7.87. The standard InChI is InChI=1S/C27H29N3O3/c1-18-13-14-19(2)25(15-18)33-17-22(31)16-30-24-12-8-7-11-23(24)29-26(30)20(3)28-27(32)21-9-5-4-6-10-21/h4-15,20,22,31H,16-17H2,1-3H3,(H,28,32)/t20-,22+/m1/s1. The molecule has 6 nitrogen and oxygen atoms in total. The first-order chi connectivity index (χ1) is 15.9. The number of carbonyl (C=O) groups is 1. The number of aromatic nitrogens is 2. The predicted molar refractivity (Wildman–Crippen MR) is 129 cm³/mol. The van der Waals surface area contributed by atoms with Crippen LogP contribution in [0.15, 0.2) is 72.8 Å². The van der Waals surface area contributed by atoms with Gasteiger partial charge >= 0.3 is 0 Å². The van der Waals surface area contributed by atoms with Gasteiger partial charge in [-0.05, 0) is 62.2 Å². The molecule has 4 rings (SSSR count). The topological polar surface area (TPSA) is 76.4 Å². The van der Waals surface area contributed by atoms with E-state index in [2.05, 4.69) is 5.32 Å². The molecule has 0 bridgehead atoms. The molecule has 6 heteroatoms. The lowest BCUT2D eigenvalue weighted by molar-refractivity contribution is 0.0904. The number of nitrogens with one attached hydrogen (secondary N) is 1. The lowest BCUT2D eigenvalue weighted by atomic mass is 10.1. The molecule has 1 aromatic heterocycles. The second-order valence-corrected chi connectivity index (χ2v) is 8.36. The normalized spacial score (nSPS) is 13.0. The molecule has 0 saturated carbocycles. The lowest BCUT2D eigenvalue weighted by Gasteiger charge is -2.19. The summed E-state index contributed by atoms with van der Waals surface area (Å²) in [6.45, 7) is 6.35. The van der Waals surface area contributed by atoms with Gasteiger partial charge in [0, 0.05) is 5.56 Å². The highest BCUT2D eigenvalue weighted by Crippen LogP contribution is 2.23. The molecule has 1 heterocycles. The molecule has 1 amide bonds. The highest BCUT2D eigenvalue weighted by atomic mass is 16.5. The van der Waals surface area contributed by atoms with Gasteiger partial charge in [-0.15, -0.1) is 0 Å². The van der Waals surface area contributed by atoms with Gasteiger partial charge in [0.25, 0.3) is 5.91 Å². The maximum Gasteiger partial charge on any atom is 0.251 e. The van der Waals surface area contributed by atoms with Crippen molar-refractivity contribution in [2.24, 2.45) is 0 Å². The van der Waals surface area contributed by atoms with Crippen molar-refractivity contribution in [2.75, 3.05) is 6.61 Å². The summed E-state index contributed by atoms with van der Waals surface area (Å²) in [5, 5.41) is 13.8. The molecule has 0 aliphatic rings. The molecule has 0 saturated heterocycles. The van der Waals surface area contributed by atoms with Gasteiger partial charge in [0.1, 0.15) is 24.3 Å². The van der Waals surface area contributed by atoms with E-state index < -0.39 is 6.10 Å². The van der Waals surface area contributed by atoms with E-state index in [1.54, 1.807) is 12.1 Å². The molecule has 0 radical (unpaired) electrons. The number of benzene rings is 3. The minimum Gasteiger partial charge on any atom is -0.491 e. The number of ether oxygens (including phenoxy) is 1. The third kappa shape index (κ3) is 5.23. The number of aryl methyl sites for hydroxylation is 2. The van der Waals surface area contributed by atoms with Crippen molar-refractivity contribution in [3.05, 3.63) is 95.3 Å². The van der Waals surface area contributed by atoms with Crippen molar-refractivity contribution in [1.82, 2.24) is 14.9 Å². The van der Waals surface area contributed by atoms with Crippen molar-refractivity contribution in [3.63, 3.8) is 0 Å². The van der Waals surface area contributed by atoms with Crippen LogP contribution in [0.2, 0.25) is 0 Å². The van der Waals surface area contributed by atoms with Gasteiger partial charge in [0.2, 0.25) is 0 Å². The molecule has 0 fully saturated rings. The number of carbonyl (C=O) groups excluding carboxylic acids is 1. The largest absolute Gasteiger partial charge is 0.491 e. The number of imidazole rings is 1. The lowest BCUT2D eigenvalue weighted by Crippen LogP contribution is -2.31. The van der Waals surface area contributed by atoms with E-state index in [0.717, 1.165) is 27.9 Å².